The fourth-order valence-corrected chi connectivity index (χ4v) is 18.5. The number of amides is 2. The molecule has 4 heterocycles. The number of hydrogen-bond acceptors (Lipinski definition) is 4. The van der Waals surface area contributed by atoms with Crippen molar-refractivity contribution in [2.24, 2.45) is 0 Å². The molecule has 2 saturated heterocycles. The van der Waals surface area contributed by atoms with Crippen LogP contribution < -0.4 is 4.31 Å². The van der Waals surface area contributed by atoms with Gasteiger partial charge in [0.1, 0.15) is 12.2 Å². The zero-order chi connectivity index (χ0) is 34.5. The number of sulfonamides is 1. The summed E-state index contributed by atoms with van der Waals surface area (Å²) >= 11 is 3.76. The second-order valence-corrected chi connectivity index (χ2v) is 23.1. The molecule has 8 nitrogen and oxygen atoms in total. The van der Waals surface area contributed by atoms with Gasteiger partial charge in [-0.3, -0.25) is 9.59 Å². The molecule has 3 atom stereocenters. The van der Waals surface area contributed by atoms with Gasteiger partial charge in [-0.2, -0.15) is 0 Å². The van der Waals surface area contributed by atoms with Crippen molar-refractivity contribution in [2.75, 3.05) is 17.9 Å². The Morgan fingerprint density at radius 3 is 2.12 bits per heavy atom. The summed E-state index contributed by atoms with van der Waals surface area (Å²) in [5.74, 6) is -0.423. The number of anilines is 1. The monoisotopic (exact) mass is 746 g/mol. The average molecular weight is 748 g/mol. The van der Waals surface area contributed by atoms with Crippen molar-refractivity contribution in [2.45, 2.75) is 87.1 Å². The molecule has 4 aromatic rings. The zero-order valence-electron chi connectivity index (χ0n) is 28.5. The van der Waals surface area contributed by atoms with Gasteiger partial charge in [-0.25, -0.2) is 12.7 Å². The SMILES string of the molecule is CC(C)[Si](C(C)C)(C(C)C)n1cc([C@]23C[C@H]4C(=O)N(C)CC(=O)N4[C@H]2N(S(=O)(=O)c2ccccc2)c2ccccc23)c2cc(Br)ccc21. The van der Waals surface area contributed by atoms with E-state index in [1.807, 2.05) is 24.3 Å². The van der Waals surface area contributed by atoms with Crippen molar-refractivity contribution in [3.8, 4) is 0 Å². The van der Waals surface area contributed by atoms with Crippen LogP contribution in [0.25, 0.3) is 10.9 Å². The first-order valence-corrected chi connectivity index (χ1v) is 21.2. The molecule has 2 fully saturated rings. The summed E-state index contributed by atoms with van der Waals surface area (Å²) < 4.78 is 34.7. The van der Waals surface area contributed by atoms with Gasteiger partial charge in [0.15, 0.2) is 8.24 Å². The van der Waals surface area contributed by atoms with Crippen LogP contribution >= 0.6 is 15.9 Å². The lowest BCUT2D eigenvalue weighted by molar-refractivity contribution is -0.153. The van der Waals surface area contributed by atoms with Crippen molar-refractivity contribution in [3.05, 3.63) is 94.6 Å². The van der Waals surface area contributed by atoms with Crippen LogP contribution in [0.3, 0.4) is 0 Å². The van der Waals surface area contributed by atoms with E-state index in [9.17, 15) is 18.0 Å². The van der Waals surface area contributed by atoms with Gasteiger partial charge in [0, 0.05) is 28.6 Å². The second-order valence-electron chi connectivity index (χ2n) is 14.6. The number of halogens is 1. The predicted octanol–water partition coefficient (Wildman–Crippen LogP) is 7.32. The third-order valence-corrected chi connectivity index (χ3v) is 20.5. The summed E-state index contributed by atoms with van der Waals surface area (Å²) in [5, 5.41) is 1.01. The van der Waals surface area contributed by atoms with E-state index < -0.39 is 35.9 Å². The Bertz CT molecular complexity index is 2040. The number of hydrogen-bond donors (Lipinski definition) is 0. The third-order valence-electron chi connectivity index (χ3n) is 11.5. The average Bonchev–Trinajstić information content (AvgIpc) is 3.67. The van der Waals surface area contributed by atoms with Crippen LogP contribution in [0.1, 0.15) is 59.1 Å². The van der Waals surface area contributed by atoms with E-state index in [1.165, 1.54) is 9.21 Å². The topological polar surface area (TPSA) is 82.9 Å². The van der Waals surface area contributed by atoms with Gasteiger partial charge in [0.05, 0.1) is 22.5 Å². The normalized spacial score (nSPS) is 22.8. The smallest absolute Gasteiger partial charge is 0.266 e. The Labute approximate surface area is 293 Å². The molecule has 0 unspecified atom stereocenters. The van der Waals surface area contributed by atoms with Crippen LogP contribution in [0.4, 0.5) is 5.69 Å². The van der Waals surface area contributed by atoms with E-state index in [2.05, 4.69) is 86.1 Å². The number of carbonyl (C=O) groups is 2. The van der Waals surface area contributed by atoms with Gasteiger partial charge in [-0.15, -0.1) is 0 Å². The third kappa shape index (κ3) is 4.25. The van der Waals surface area contributed by atoms with Crippen LogP contribution in [0.15, 0.2) is 88.4 Å². The van der Waals surface area contributed by atoms with Crippen molar-refractivity contribution in [3.63, 3.8) is 0 Å². The number of aromatic nitrogens is 1. The summed E-state index contributed by atoms with van der Waals surface area (Å²) in [6.07, 6.45) is 1.60. The Kier molecular flexibility index (Phi) is 7.80. The first kappa shape index (κ1) is 33.1. The highest BCUT2D eigenvalue weighted by Gasteiger charge is 2.68. The molecule has 252 valence electrons. The second kappa shape index (κ2) is 11.3. The van der Waals surface area contributed by atoms with Crippen LogP contribution in [-0.2, 0) is 25.0 Å². The Balaban J connectivity index is 1.62. The number of rotatable bonds is 7. The van der Waals surface area contributed by atoms with Gasteiger partial charge in [-0.05, 0) is 70.6 Å². The van der Waals surface area contributed by atoms with E-state index in [0.29, 0.717) is 22.3 Å². The van der Waals surface area contributed by atoms with E-state index in [0.717, 1.165) is 26.5 Å². The molecule has 0 bridgehead atoms. The Hall–Kier alpha value is -3.41. The van der Waals surface area contributed by atoms with Gasteiger partial charge in [-0.1, -0.05) is 93.9 Å². The molecule has 7 rings (SSSR count). The van der Waals surface area contributed by atoms with Gasteiger partial charge < -0.3 is 14.0 Å². The molecule has 1 aromatic heterocycles. The fraction of sp³-hybridized carbons (Fsp3) is 0.405. The predicted molar refractivity (Wildman–Crippen MR) is 196 cm³/mol. The summed E-state index contributed by atoms with van der Waals surface area (Å²) in [5.41, 5.74) is 3.59. The van der Waals surface area contributed by atoms with E-state index in [1.54, 1.807) is 42.3 Å². The van der Waals surface area contributed by atoms with Gasteiger partial charge in [0.25, 0.3) is 10.0 Å². The lowest BCUT2D eigenvalue weighted by Crippen LogP contribution is -2.62. The minimum atomic E-state index is -4.17. The number of piperazine rings is 1. The molecule has 0 N–H and O–H groups in total. The van der Waals surface area contributed by atoms with E-state index >= 15 is 0 Å². The maximum Gasteiger partial charge on any atom is 0.266 e. The van der Waals surface area contributed by atoms with E-state index in [4.69, 9.17) is 0 Å². The highest BCUT2D eigenvalue weighted by atomic mass is 79.9. The van der Waals surface area contributed by atoms with Crippen LogP contribution in [0, 0.1) is 0 Å². The molecule has 3 aliphatic heterocycles. The fourth-order valence-electron chi connectivity index (χ4n) is 9.86. The molecule has 0 spiro atoms. The molecule has 3 aromatic carbocycles. The van der Waals surface area contributed by atoms with Crippen LogP contribution in [0.5, 0.6) is 0 Å². The molecule has 48 heavy (non-hydrogen) atoms. The maximum absolute atomic E-state index is 14.9. The maximum atomic E-state index is 14.9. The number of likely N-dealkylation sites (N-methyl/N-ethyl adjacent to an activating group) is 1. The first-order valence-electron chi connectivity index (χ1n) is 16.8. The standard InChI is InChI=1S/C37H43BrN4O4SSi/c1-23(2)48(24(3)4,25(5)6)40-21-30(28-19-26(38)17-18-31(28)40)37-20-33-35(44)39(7)22-34(43)41(33)36(37)42(32-16-12-11-15-29(32)37)47(45,46)27-13-9-8-10-14-27/h8-19,21,23-25,33,36H,20,22H2,1-7H3/t33-,36-,37+/m0/s1. The lowest BCUT2D eigenvalue weighted by atomic mass is 9.72. The Morgan fingerprint density at radius 2 is 1.48 bits per heavy atom. The summed E-state index contributed by atoms with van der Waals surface area (Å²) in [7, 11) is -4.84. The van der Waals surface area contributed by atoms with Crippen molar-refractivity contribution >= 4 is 62.6 Å². The quantitative estimate of drug-likeness (QED) is 0.186. The largest absolute Gasteiger partial charge is 0.373 e. The van der Waals surface area contributed by atoms with Crippen LogP contribution in [-0.4, -0.2) is 68.3 Å². The molecular weight excluding hydrogens is 704 g/mol. The highest BCUT2D eigenvalue weighted by Crippen LogP contribution is 2.61. The van der Waals surface area contributed by atoms with Crippen molar-refractivity contribution in [1.82, 2.24) is 14.0 Å². The lowest BCUT2D eigenvalue weighted by Gasteiger charge is -2.44. The number of nitrogens with zero attached hydrogens (tertiary/aromatic N) is 4. The summed E-state index contributed by atoms with van der Waals surface area (Å²) in [4.78, 5) is 31.4. The number of fused-ring (bicyclic) bond motifs is 6. The molecule has 11 heteroatoms. The van der Waals surface area contributed by atoms with Crippen molar-refractivity contribution in [1.29, 1.82) is 0 Å². The summed E-state index contributed by atoms with van der Waals surface area (Å²) in [6, 6.07) is 21.6. The first-order chi connectivity index (χ1) is 22.7. The van der Waals surface area contributed by atoms with Gasteiger partial charge >= 0.3 is 0 Å². The number of para-hydroxylation sites is 1. The van der Waals surface area contributed by atoms with E-state index in [-0.39, 0.29) is 29.7 Å². The molecule has 0 aliphatic carbocycles. The van der Waals surface area contributed by atoms with Gasteiger partial charge in [0.2, 0.25) is 11.8 Å². The highest BCUT2D eigenvalue weighted by molar-refractivity contribution is 9.10. The van der Waals surface area contributed by atoms with Crippen molar-refractivity contribution < 1.29 is 18.0 Å². The Morgan fingerprint density at radius 1 is 0.854 bits per heavy atom. The number of benzene rings is 3. The molecule has 0 saturated carbocycles. The number of carbonyl (C=O) groups excluding carboxylic acids is 2. The minimum absolute atomic E-state index is 0.102. The molecular formula is C37H43BrN4O4SSi. The zero-order valence-corrected chi connectivity index (χ0v) is 31.9. The molecule has 0 radical (unpaired) electrons. The molecule has 3 aliphatic rings. The summed E-state index contributed by atoms with van der Waals surface area (Å²) in [6.45, 7) is 13.9. The molecule has 2 amide bonds. The minimum Gasteiger partial charge on any atom is -0.373 e. The van der Waals surface area contributed by atoms with Crippen LogP contribution in [0.2, 0.25) is 16.6 Å².